The molecule has 0 radical (unpaired) electrons. The first-order chi connectivity index (χ1) is 6.49. The molecule has 0 amide bonds. The molecule has 1 aliphatic heterocycles. The van der Waals surface area contributed by atoms with E-state index < -0.39 is 18.7 Å². The Bertz CT molecular complexity index is 216. The van der Waals surface area contributed by atoms with Crippen LogP contribution in [0.1, 0.15) is 26.7 Å². The molecule has 0 aliphatic carbocycles. The van der Waals surface area contributed by atoms with Gasteiger partial charge in [0.25, 0.3) is 0 Å². The highest BCUT2D eigenvalue weighted by Gasteiger charge is 2.41. The number of piperidine rings is 1. The highest BCUT2D eigenvalue weighted by atomic mass is 19.1. The summed E-state index contributed by atoms with van der Waals surface area (Å²) in [5.74, 6) is -0.830. The van der Waals surface area contributed by atoms with Gasteiger partial charge in [-0.05, 0) is 24.8 Å². The Labute approximate surface area is 83.9 Å². The van der Waals surface area contributed by atoms with Crippen LogP contribution >= 0.6 is 0 Å². The fourth-order valence-electron chi connectivity index (χ4n) is 2.34. The monoisotopic (exact) mass is 203 g/mol. The molecule has 0 saturated carbocycles. The van der Waals surface area contributed by atoms with E-state index in [-0.39, 0.29) is 12.0 Å². The highest BCUT2D eigenvalue weighted by Crippen LogP contribution is 2.34. The molecule has 1 aliphatic rings. The summed E-state index contributed by atoms with van der Waals surface area (Å²) in [4.78, 5) is 12.8. The lowest BCUT2D eigenvalue weighted by atomic mass is 9.76. The van der Waals surface area contributed by atoms with Gasteiger partial charge in [0.1, 0.15) is 12.7 Å². The minimum absolute atomic E-state index is 0.237. The van der Waals surface area contributed by atoms with E-state index in [1.54, 1.807) is 4.90 Å². The molecule has 4 heteroatoms. The van der Waals surface area contributed by atoms with Gasteiger partial charge in [0, 0.05) is 6.54 Å². The lowest BCUT2D eigenvalue weighted by molar-refractivity contribution is -0.150. The van der Waals surface area contributed by atoms with Crippen molar-refractivity contribution in [2.45, 2.75) is 32.7 Å². The van der Waals surface area contributed by atoms with E-state index >= 15 is 0 Å². The minimum atomic E-state index is -0.830. The molecule has 1 atom stereocenters. The van der Waals surface area contributed by atoms with Crippen LogP contribution in [0.4, 0.5) is 4.39 Å². The van der Waals surface area contributed by atoms with Crippen LogP contribution in [0.3, 0.4) is 0 Å². The summed E-state index contributed by atoms with van der Waals surface area (Å²) >= 11 is 0. The number of carbonyl (C=O) groups is 1. The molecule has 1 fully saturated rings. The highest BCUT2D eigenvalue weighted by molar-refractivity contribution is 5.74. The Balaban J connectivity index is 2.79. The van der Waals surface area contributed by atoms with E-state index in [4.69, 9.17) is 5.11 Å². The molecule has 0 spiro atoms. The Morgan fingerprint density at radius 1 is 1.64 bits per heavy atom. The van der Waals surface area contributed by atoms with Crippen molar-refractivity contribution in [3.05, 3.63) is 0 Å². The third-order valence-electron chi connectivity index (χ3n) is 2.98. The van der Waals surface area contributed by atoms with Crippen LogP contribution in [0.25, 0.3) is 0 Å². The van der Waals surface area contributed by atoms with Crippen molar-refractivity contribution >= 4 is 5.97 Å². The van der Waals surface area contributed by atoms with Crippen molar-refractivity contribution in [3.8, 4) is 0 Å². The number of aliphatic carboxylic acids is 1. The Morgan fingerprint density at radius 2 is 2.29 bits per heavy atom. The van der Waals surface area contributed by atoms with Gasteiger partial charge in [-0.3, -0.25) is 9.69 Å². The van der Waals surface area contributed by atoms with E-state index in [0.29, 0.717) is 6.54 Å². The van der Waals surface area contributed by atoms with Crippen LogP contribution in [0.2, 0.25) is 0 Å². The van der Waals surface area contributed by atoms with Crippen molar-refractivity contribution in [1.82, 2.24) is 4.90 Å². The van der Waals surface area contributed by atoms with Gasteiger partial charge in [-0.25, -0.2) is 4.39 Å². The molecule has 0 aromatic carbocycles. The normalized spacial score (nSPS) is 27.5. The number of alkyl halides is 1. The largest absolute Gasteiger partial charge is 0.480 e. The number of nitrogens with zero attached hydrogens (tertiary/aromatic N) is 1. The van der Waals surface area contributed by atoms with Crippen molar-refractivity contribution in [2.24, 2.45) is 5.41 Å². The molecule has 0 aromatic rings. The van der Waals surface area contributed by atoms with E-state index in [2.05, 4.69) is 0 Å². The molecule has 82 valence electrons. The van der Waals surface area contributed by atoms with Crippen LogP contribution in [0.15, 0.2) is 0 Å². The first-order valence-corrected chi connectivity index (χ1v) is 5.02. The van der Waals surface area contributed by atoms with Gasteiger partial charge in [0.05, 0.1) is 0 Å². The second-order valence-electron chi connectivity index (χ2n) is 4.56. The second kappa shape index (κ2) is 4.26. The van der Waals surface area contributed by atoms with E-state index in [0.717, 1.165) is 12.8 Å². The molecule has 1 heterocycles. The zero-order valence-electron chi connectivity index (χ0n) is 8.79. The molecule has 0 aromatic heterocycles. The third-order valence-corrected chi connectivity index (χ3v) is 2.98. The quantitative estimate of drug-likeness (QED) is 0.756. The molecular weight excluding hydrogens is 185 g/mol. The lowest BCUT2D eigenvalue weighted by Crippen LogP contribution is -2.54. The molecule has 1 saturated heterocycles. The Kier molecular flexibility index (Phi) is 3.48. The van der Waals surface area contributed by atoms with Gasteiger partial charge < -0.3 is 5.11 Å². The third kappa shape index (κ3) is 2.23. The predicted molar refractivity (Wildman–Crippen MR) is 52.0 cm³/mol. The maximum Gasteiger partial charge on any atom is 0.321 e. The number of hydrogen-bond donors (Lipinski definition) is 1. The first-order valence-electron chi connectivity index (χ1n) is 5.02. The van der Waals surface area contributed by atoms with E-state index in [1.807, 2.05) is 13.8 Å². The summed E-state index contributed by atoms with van der Waals surface area (Å²) in [7, 11) is 0. The van der Waals surface area contributed by atoms with Gasteiger partial charge in [0.2, 0.25) is 0 Å². The molecule has 14 heavy (non-hydrogen) atoms. The summed E-state index contributed by atoms with van der Waals surface area (Å²) in [6.45, 7) is 4.34. The molecular formula is C10H18FNO2. The molecule has 1 N–H and O–H groups in total. The van der Waals surface area contributed by atoms with Gasteiger partial charge in [-0.2, -0.15) is 0 Å². The maximum absolute atomic E-state index is 12.2. The summed E-state index contributed by atoms with van der Waals surface area (Å²) in [5.41, 5.74) is -0.251. The topological polar surface area (TPSA) is 40.5 Å². The number of carboxylic acids is 1. The Morgan fingerprint density at radius 3 is 2.79 bits per heavy atom. The summed E-state index contributed by atoms with van der Waals surface area (Å²) in [6, 6.07) is -0.535. The second-order valence-corrected chi connectivity index (χ2v) is 4.56. The average Bonchev–Trinajstić information content (AvgIpc) is 2.01. The molecule has 1 unspecified atom stereocenters. The lowest BCUT2D eigenvalue weighted by Gasteiger charge is -2.43. The van der Waals surface area contributed by atoms with Crippen LogP contribution in [0.5, 0.6) is 0 Å². The first kappa shape index (κ1) is 11.4. The van der Waals surface area contributed by atoms with Crippen molar-refractivity contribution in [3.63, 3.8) is 0 Å². The van der Waals surface area contributed by atoms with E-state index in [9.17, 15) is 9.18 Å². The van der Waals surface area contributed by atoms with Gasteiger partial charge >= 0.3 is 5.97 Å². The Hall–Kier alpha value is -0.640. The van der Waals surface area contributed by atoms with Crippen molar-refractivity contribution in [2.75, 3.05) is 19.8 Å². The van der Waals surface area contributed by atoms with Gasteiger partial charge in [-0.15, -0.1) is 0 Å². The summed E-state index contributed by atoms with van der Waals surface area (Å²) in [5, 5.41) is 9.11. The zero-order chi connectivity index (χ0) is 10.8. The smallest absolute Gasteiger partial charge is 0.321 e. The maximum atomic E-state index is 12.2. The predicted octanol–water partition coefficient (Wildman–Crippen LogP) is 1.53. The number of rotatable bonds is 3. The fourth-order valence-corrected chi connectivity index (χ4v) is 2.34. The molecule has 3 nitrogen and oxygen atoms in total. The number of halogens is 1. The SMILES string of the molecule is CC1(C)CCCN(CCF)C1C(=O)O. The fraction of sp³-hybridized carbons (Fsp3) is 0.900. The number of likely N-dealkylation sites (tertiary alicyclic amines) is 1. The van der Waals surface area contributed by atoms with Gasteiger partial charge in [0.15, 0.2) is 0 Å². The van der Waals surface area contributed by atoms with Crippen LogP contribution < -0.4 is 0 Å². The van der Waals surface area contributed by atoms with Crippen LogP contribution in [0, 0.1) is 5.41 Å². The average molecular weight is 203 g/mol. The van der Waals surface area contributed by atoms with E-state index in [1.165, 1.54) is 0 Å². The minimum Gasteiger partial charge on any atom is -0.480 e. The molecule has 1 rings (SSSR count). The van der Waals surface area contributed by atoms with Gasteiger partial charge in [-0.1, -0.05) is 13.8 Å². The van der Waals surface area contributed by atoms with Crippen molar-refractivity contribution < 1.29 is 14.3 Å². The molecule has 0 bridgehead atoms. The van der Waals surface area contributed by atoms with Crippen molar-refractivity contribution in [1.29, 1.82) is 0 Å². The summed E-state index contributed by atoms with van der Waals surface area (Å²) in [6.07, 6.45) is 1.85. The van der Waals surface area contributed by atoms with Crippen LogP contribution in [-0.4, -0.2) is 41.8 Å². The number of carboxylic acid groups (broad SMARTS) is 1. The summed E-state index contributed by atoms with van der Waals surface area (Å²) < 4.78 is 12.2. The van der Waals surface area contributed by atoms with Crippen LogP contribution in [-0.2, 0) is 4.79 Å². The zero-order valence-corrected chi connectivity index (χ0v) is 8.79. The standard InChI is InChI=1S/C10H18FNO2/c1-10(2)4-3-6-12(7-5-11)8(10)9(13)14/h8H,3-7H2,1-2H3,(H,13,14). The number of hydrogen-bond acceptors (Lipinski definition) is 2.